The highest BCUT2D eigenvalue weighted by Crippen LogP contribution is 2.27. The Bertz CT molecular complexity index is 872. The number of thiophene rings is 1. The van der Waals surface area contributed by atoms with E-state index in [2.05, 4.69) is 5.32 Å². The Hall–Kier alpha value is -2.19. The highest BCUT2D eigenvalue weighted by molar-refractivity contribution is 7.90. The molecule has 0 saturated heterocycles. The van der Waals surface area contributed by atoms with Crippen molar-refractivity contribution >= 4 is 38.1 Å². The molecule has 0 aliphatic heterocycles. The maximum absolute atomic E-state index is 12.1. The van der Waals surface area contributed by atoms with Gasteiger partial charge in [-0.25, -0.2) is 13.2 Å². The summed E-state index contributed by atoms with van der Waals surface area (Å²) < 4.78 is 29.2. The van der Waals surface area contributed by atoms with Crippen LogP contribution in [-0.2, 0) is 25.1 Å². The fourth-order valence-corrected chi connectivity index (χ4v) is 4.62. The molecule has 0 fully saturated rings. The fraction of sp³-hybridized carbons (Fsp3) is 0.333. The zero-order valence-corrected chi connectivity index (χ0v) is 16.3. The van der Waals surface area contributed by atoms with Crippen LogP contribution in [0.4, 0.5) is 5.00 Å². The minimum absolute atomic E-state index is 0.0910. The lowest BCUT2D eigenvalue weighted by molar-refractivity contribution is -0.115. The summed E-state index contributed by atoms with van der Waals surface area (Å²) in [4.78, 5) is 24.3. The van der Waals surface area contributed by atoms with Gasteiger partial charge in [0, 0.05) is 6.42 Å². The molecule has 1 aromatic heterocycles. The van der Waals surface area contributed by atoms with E-state index in [4.69, 9.17) is 4.74 Å². The van der Waals surface area contributed by atoms with Gasteiger partial charge in [-0.3, -0.25) is 4.79 Å². The third-order valence-electron chi connectivity index (χ3n) is 3.51. The molecule has 1 amide bonds. The van der Waals surface area contributed by atoms with E-state index in [1.165, 1.54) is 0 Å². The van der Waals surface area contributed by atoms with Crippen molar-refractivity contribution in [1.82, 2.24) is 0 Å². The van der Waals surface area contributed by atoms with E-state index in [1.807, 2.05) is 6.07 Å². The van der Waals surface area contributed by atoms with E-state index in [0.717, 1.165) is 11.3 Å². The van der Waals surface area contributed by atoms with Crippen molar-refractivity contribution in [2.45, 2.75) is 26.0 Å². The van der Waals surface area contributed by atoms with Crippen LogP contribution in [0.15, 0.2) is 36.4 Å². The van der Waals surface area contributed by atoms with Crippen LogP contribution < -0.4 is 5.32 Å². The topological polar surface area (TPSA) is 89.5 Å². The molecule has 2 aromatic rings. The van der Waals surface area contributed by atoms with Crippen LogP contribution in [-0.4, -0.2) is 32.7 Å². The Labute approximate surface area is 157 Å². The van der Waals surface area contributed by atoms with Gasteiger partial charge in [-0.2, -0.15) is 0 Å². The van der Waals surface area contributed by atoms with Gasteiger partial charge in [-0.15, -0.1) is 11.3 Å². The minimum Gasteiger partial charge on any atom is -0.462 e. The first-order valence-corrected chi connectivity index (χ1v) is 10.8. The zero-order valence-electron chi connectivity index (χ0n) is 14.7. The smallest absolute Gasteiger partial charge is 0.348 e. The van der Waals surface area contributed by atoms with Crippen LogP contribution in [0.25, 0.3) is 0 Å². The first-order chi connectivity index (χ1) is 12.3. The molecule has 0 radical (unpaired) electrons. The first kappa shape index (κ1) is 20.1. The normalized spacial score (nSPS) is 11.2. The van der Waals surface area contributed by atoms with Crippen molar-refractivity contribution in [3.05, 3.63) is 52.4 Å². The summed E-state index contributed by atoms with van der Waals surface area (Å²) in [5.74, 6) is -1.16. The van der Waals surface area contributed by atoms with Crippen LogP contribution in [0, 0.1) is 6.92 Å². The SMILES string of the molecule is CCOC(=O)c1sc(NC(=O)CCS(=O)(=O)Cc2ccccc2)cc1C. The maximum atomic E-state index is 12.1. The van der Waals surface area contributed by atoms with Crippen LogP contribution in [0.1, 0.15) is 34.1 Å². The highest BCUT2D eigenvalue weighted by Gasteiger charge is 2.18. The molecule has 0 bridgehead atoms. The molecule has 0 saturated carbocycles. The Kier molecular flexibility index (Phi) is 6.93. The first-order valence-electron chi connectivity index (χ1n) is 8.12. The van der Waals surface area contributed by atoms with E-state index in [-0.39, 0.29) is 24.5 Å². The van der Waals surface area contributed by atoms with Gasteiger partial charge in [-0.05, 0) is 31.0 Å². The molecular weight excluding hydrogens is 374 g/mol. The number of sulfone groups is 1. The minimum atomic E-state index is -3.38. The summed E-state index contributed by atoms with van der Waals surface area (Å²) in [6.45, 7) is 3.75. The van der Waals surface area contributed by atoms with Gasteiger partial charge in [0.25, 0.3) is 0 Å². The van der Waals surface area contributed by atoms with Crippen molar-refractivity contribution < 1.29 is 22.7 Å². The number of esters is 1. The molecule has 8 heteroatoms. The number of hydrogen-bond donors (Lipinski definition) is 1. The standard InChI is InChI=1S/C18H21NO5S2/c1-3-24-18(21)17-13(2)11-16(25-17)19-15(20)9-10-26(22,23)12-14-7-5-4-6-8-14/h4-8,11H,3,9-10,12H2,1-2H3,(H,19,20). The summed E-state index contributed by atoms with van der Waals surface area (Å²) in [5, 5.41) is 3.14. The molecule has 26 heavy (non-hydrogen) atoms. The molecule has 1 N–H and O–H groups in total. The second-order valence-corrected chi connectivity index (χ2v) is 8.96. The Balaban J connectivity index is 1.91. The van der Waals surface area contributed by atoms with Crippen molar-refractivity contribution in [3.63, 3.8) is 0 Å². The van der Waals surface area contributed by atoms with Crippen LogP contribution >= 0.6 is 11.3 Å². The molecule has 0 atom stereocenters. The molecule has 0 spiro atoms. The van der Waals surface area contributed by atoms with Gasteiger partial charge in [0.1, 0.15) is 4.88 Å². The largest absolute Gasteiger partial charge is 0.462 e. The number of carbonyl (C=O) groups excluding carboxylic acids is 2. The van der Waals surface area contributed by atoms with Gasteiger partial charge < -0.3 is 10.1 Å². The third kappa shape index (κ3) is 5.96. The lowest BCUT2D eigenvalue weighted by Gasteiger charge is -2.05. The van der Waals surface area contributed by atoms with E-state index >= 15 is 0 Å². The molecule has 1 heterocycles. The lowest BCUT2D eigenvalue weighted by atomic mass is 10.2. The predicted molar refractivity (Wildman–Crippen MR) is 102 cm³/mol. The molecule has 0 unspecified atom stereocenters. The number of aryl methyl sites for hydroxylation is 1. The Morgan fingerprint density at radius 1 is 1.19 bits per heavy atom. The van der Waals surface area contributed by atoms with Crippen molar-refractivity contribution in [1.29, 1.82) is 0 Å². The van der Waals surface area contributed by atoms with Gasteiger partial charge in [0.05, 0.1) is 23.1 Å². The van der Waals surface area contributed by atoms with Crippen LogP contribution in [0.5, 0.6) is 0 Å². The van der Waals surface area contributed by atoms with E-state index < -0.39 is 21.7 Å². The Morgan fingerprint density at radius 2 is 1.88 bits per heavy atom. The van der Waals surface area contributed by atoms with Crippen molar-refractivity contribution in [2.75, 3.05) is 17.7 Å². The molecule has 0 aliphatic carbocycles. The summed E-state index contributed by atoms with van der Waals surface area (Å²) >= 11 is 1.12. The molecule has 140 valence electrons. The number of nitrogens with one attached hydrogen (secondary N) is 1. The predicted octanol–water partition coefficient (Wildman–Crippen LogP) is 3.18. The van der Waals surface area contributed by atoms with Gasteiger partial charge in [-0.1, -0.05) is 30.3 Å². The number of benzene rings is 1. The Morgan fingerprint density at radius 3 is 2.54 bits per heavy atom. The molecule has 2 rings (SSSR count). The zero-order chi connectivity index (χ0) is 19.2. The van der Waals surface area contributed by atoms with Gasteiger partial charge >= 0.3 is 5.97 Å². The average molecular weight is 396 g/mol. The maximum Gasteiger partial charge on any atom is 0.348 e. The monoisotopic (exact) mass is 395 g/mol. The lowest BCUT2D eigenvalue weighted by Crippen LogP contribution is -2.17. The molecule has 6 nitrogen and oxygen atoms in total. The number of anilines is 1. The van der Waals surface area contributed by atoms with Crippen LogP contribution in [0.3, 0.4) is 0 Å². The summed E-state index contributed by atoms with van der Waals surface area (Å²) in [5.41, 5.74) is 1.40. The van der Waals surface area contributed by atoms with Gasteiger partial charge in [0.2, 0.25) is 5.91 Å². The number of carbonyl (C=O) groups is 2. The number of hydrogen-bond acceptors (Lipinski definition) is 6. The summed E-state index contributed by atoms with van der Waals surface area (Å²) in [7, 11) is -3.38. The molecule has 0 aliphatic rings. The van der Waals surface area contributed by atoms with E-state index in [0.29, 0.717) is 21.0 Å². The average Bonchev–Trinajstić information content (AvgIpc) is 2.94. The second kappa shape index (κ2) is 8.95. The van der Waals surface area contributed by atoms with E-state index in [1.54, 1.807) is 44.2 Å². The van der Waals surface area contributed by atoms with Gasteiger partial charge in [0.15, 0.2) is 9.84 Å². The van der Waals surface area contributed by atoms with Crippen LogP contribution in [0.2, 0.25) is 0 Å². The third-order valence-corrected chi connectivity index (χ3v) is 6.24. The fourth-order valence-electron chi connectivity index (χ4n) is 2.29. The van der Waals surface area contributed by atoms with E-state index in [9.17, 15) is 18.0 Å². The summed E-state index contributed by atoms with van der Waals surface area (Å²) in [6, 6.07) is 10.5. The van der Waals surface area contributed by atoms with Crippen molar-refractivity contribution in [3.8, 4) is 0 Å². The quantitative estimate of drug-likeness (QED) is 0.694. The molecular formula is C18H21NO5S2. The van der Waals surface area contributed by atoms with Crippen molar-refractivity contribution in [2.24, 2.45) is 0 Å². The summed E-state index contributed by atoms with van der Waals surface area (Å²) in [6.07, 6.45) is -0.138. The second-order valence-electron chi connectivity index (χ2n) is 5.72. The molecule has 1 aromatic carbocycles. The number of ether oxygens (including phenoxy) is 1. The highest BCUT2D eigenvalue weighted by atomic mass is 32.2. The number of rotatable bonds is 8. The number of amides is 1.